The Bertz CT molecular complexity index is 692. The number of hydrogen-bond acceptors (Lipinski definition) is 7. The normalized spacial score (nSPS) is 30.7. The Labute approximate surface area is 156 Å². The highest BCUT2D eigenvalue weighted by atomic mass is 32.2. The van der Waals surface area contributed by atoms with Gasteiger partial charge in [-0.2, -0.15) is 11.8 Å². The summed E-state index contributed by atoms with van der Waals surface area (Å²) in [4.78, 5) is 40.2. The van der Waals surface area contributed by atoms with Gasteiger partial charge >= 0.3 is 5.97 Å². The summed E-state index contributed by atoms with van der Waals surface area (Å²) in [5.74, 6) is -1.28. The smallest absolute Gasteiger partial charge is 0.327 e. The number of carbonyl (C=O) groups excluding carboxylic acids is 3. The summed E-state index contributed by atoms with van der Waals surface area (Å²) in [5, 5.41) is 3.28. The van der Waals surface area contributed by atoms with Crippen LogP contribution < -0.4 is 5.32 Å². The Morgan fingerprint density at radius 2 is 2.15 bits per heavy atom. The second-order valence-corrected chi connectivity index (χ2v) is 7.48. The summed E-state index contributed by atoms with van der Waals surface area (Å²) in [6.45, 7) is 4.00. The minimum Gasteiger partial charge on any atom is -0.468 e. The number of ether oxygens (including phenoxy) is 1. The number of nitrogens with zero attached hydrogens (tertiary/aromatic N) is 1. The van der Waals surface area contributed by atoms with Crippen LogP contribution in [0.5, 0.6) is 0 Å². The van der Waals surface area contributed by atoms with Gasteiger partial charge in [-0.25, -0.2) is 0 Å². The lowest BCUT2D eigenvalue weighted by atomic mass is 9.78. The SMILES string of the molecule is CCOC(=O)[C@]1(CCSC)N[C@@H](c2ccco2)[C@H]2C(=O)N(CC)C(=O)[C@@H]21. The zero-order valence-electron chi connectivity index (χ0n) is 15.2. The molecule has 2 aliphatic rings. The van der Waals surface area contributed by atoms with E-state index in [9.17, 15) is 14.4 Å². The van der Waals surface area contributed by atoms with E-state index in [1.54, 1.807) is 37.7 Å². The molecule has 4 atom stereocenters. The van der Waals surface area contributed by atoms with Gasteiger partial charge in [-0.3, -0.25) is 24.6 Å². The molecular formula is C18H24N2O5S. The molecule has 1 aromatic heterocycles. The van der Waals surface area contributed by atoms with E-state index >= 15 is 0 Å². The van der Waals surface area contributed by atoms with Crippen molar-refractivity contribution in [2.24, 2.45) is 11.8 Å². The Hall–Kier alpha value is -1.80. The topological polar surface area (TPSA) is 88.8 Å². The maximum absolute atomic E-state index is 13.1. The fourth-order valence-electron chi connectivity index (χ4n) is 4.13. The molecule has 26 heavy (non-hydrogen) atoms. The zero-order valence-corrected chi connectivity index (χ0v) is 16.0. The van der Waals surface area contributed by atoms with Gasteiger partial charge in [-0.05, 0) is 44.4 Å². The van der Waals surface area contributed by atoms with Crippen LogP contribution in [0.15, 0.2) is 22.8 Å². The molecule has 0 saturated carbocycles. The van der Waals surface area contributed by atoms with Crippen LogP contribution in [0.25, 0.3) is 0 Å². The van der Waals surface area contributed by atoms with Gasteiger partial charge < -0.3 is 9.15 Å². The summed E-state index contributed by atoms with van der Waals surface area (Å²) < 4.78 is 10.8. The highest BCUT2D eigenvalue weighted by molar-refractivity contribution is 7.98. The summed E-state index contributed by atoms with van der Waals surface area (Å²) >= 11 is 1.58. The van der Waals surface area contributed by atoms with Gasteiger partial charge in [0.1, 0.15) is 11.3 Å². The standard InChI is InChI=1S/C18H24N2O5S/c1-4-20-15(21)12-13(16(20)22)18(8-10-26-3,17(23)24-5-2)19-14(12)11-7-6-9-25-11/h6-7,9,12-14,19H,4-5,8,10H2,1-3H3/t12-,13+,14-,18+/m0/s1. The van der Waals surface area contributed by atoms with Crippen molar-refractivity contribution >= 4 is 29.5 Å². The summed E-state index contributed by atoms with van der Waals surface area (Å²) in [6, 6.07) is 2.96. The van der Waals surface area contributed by atoms with Crippen molar-refractivity contribution in [3.8, 4) is 0 Å². The number of likely N-dealkylation sites (tertiary alicyclic amines) is 1. The Morgan fingerprint density at radius 3 is 2.73 bits per heavy atom. The Balaban J connectivity index is 2.10. The number of imide groups is 1. The average molecular weight is 380 g/mol. The minimum absolute atomic E-state index is 0.212. The predicted molar refractivity (Wildman–Crippen MR) is 96.3 cm³/mol. The van der Waals surface area contributed by atoms with Crippen molar-refractivity contribution in [1.29, 1.82) is 0 Å². The van der Waals surface area contributed by atoms with Crippen LogP contribution in [0.3, 0.4) is 0 Å². The van der Waals surface area contributed by atoms with E-state index in [1.165, 1.54) is 11.2 Å². The molecule has 2 amide bonds. The molecule has 142 valence electrons. The summed E-state index contributed by atoms with van der Waals surface area (Å²) in [7, 11) is 0. The van der Waals surface area contributed by atoms with E-state index in [4.69, 9.17) is 9.15 Å². The number of furan rings is 1. The Kier molecular flexibility index (Phi) is 5.43. The molecule has 8 heteroatoms. The highest BCUT2D eigenvalue weighted by Gasteiger charge is 2.68. The van der Waals surface area contributed by atoms with Crippen LogP contribution in [0.4, 0.5) is 0 Å². The quantitative estimate of drug-likeness (QED) is 0.568. The number of hydrogen-bond donors (Lipinski definition) is 1. The molecule has 1 N–H and O–H groups in total. The first-order valence-electron chi connectivity index (χ1n) is 8.84. The first-order chi connectivity index (χ1) is 12.5. The molecular weight excluding hydrogens is 356 g/mol. The molecule has 0 aromatic carbocycles. The van der Waals surface area contributed by atoms with E-state index in [2.05, 4.69) is 5.32 Å². The maximum atomic E-state index is 13.1. The molecule has 7 nitrogen and oxygen atoms in total. The lowest BCUT2D eigenvalue weighted by Gasteiger charge is -2.32. The highest BCUT2D eigenvalue weighted by Crippen LogP contribution is 2.50. The molecule has 3 heterocycles. The first kappa shape index (κ1) is 19.0. The van der Waals surface area contributed by atoms with Crippen LogP contribution >= 0.6 is 11.8 Å². The number of carbonyl (C=O) groups is 3. The second kappa shape index (κ2) is 7.44. The van der Waals surface area contributed by atoms with E-state index in [-0.39, 0.29) is 25.0 Å². The fraction of sp³-hybridized carbons (Fsp3) is 0.611. The number of fused-ring (bicyclic) bond motifs is 1. The van der Waals surface area contributed by atoms with Gasteiger partial charge in [0, 0.05) is 6.54 Å². The van der Waals surface area contributed by atoms with Crippen LogP contribution in [0.1, 0.15) is 32.1 Å². The third kappa shape index (κ3) is 2.75. The Morgan fingerprint density at radius 1 is 1.38 bits per heavy atom. The number of thioether (sulfide) groups is 1. The molecule has 3 rings (SSSR count). The van der Waals surface area contributed by atoms with Crippen molar-refractivity contribution in [2.75, 3.05) is 25.2 Å². The molecule has 0 bridgehead atoms. The van der Waals surface area contributed by atoms with Crippen LogP contribution in [0.2, 0.25) is 0 Å². The van der Waals surface area contributed by atoms with E-state index in [1.807, 2.05) is 6.26 Å². The lowest BCUT2D eigenvalue weighted by molar-refractivity contribution is -0.156. The number of rotatable bonds is 7. The van der Waals surface area contributed by atoms with Crippen molar-refractivity contribution in [3.63, 3.8) is 0 Å². The molecule has 1 aromatic rings. The summed E-state index contributed by atoms with van der Waals surface area (Å²) in [5.41, 5.74) is -1.22. The van der Waals surface area contributed by atoms with Gasteiger partial charge in [-0.1, -0.05) is 0 Å². The number of esters is 1. The van der Waals surface area contributed by atoms with E-state index < -0.39 is 29.4 Å². The van der Waals surface area contributed by atoms with Crippen LogP contribution in [-0.4, -0.2) is 53.4 Å². The third-order valence-electron chi connectivity index (χ3n) is 5.25. The average Bonchev–Trinajstić information content (AvgIpc) is 3.31. The third-order valence-corrected chi connectivity index (χ3v) is 5.86. The van der Waals surface area contributed by atoms with E-state index in [0.29, 0.717) is 17.9 Å². The monoisotopic (exact) mass is 380 g/mol. The van der Waals surface area contributed by atoms with Crippen LogP contribution in [-0.2, 0) is 19.1 Å². The van der Waals surface area contributed by atoms with Crippen molar-refractivity contribution in [3.05, 3.63) is 24.2 Å². The zero-order chi connectivity index (χ0) is 18.9. The predicted octanol–water partition coefficient (Wildman–Crippen LogP) is 1.60. The van der Waals surface area contributed by atoms with Gasteiger partial charge in [0.15, 0.2) is 0 Å². The van der Waals surface area contributed by atoms with Gasteiger partial charge in [0.25, 0.3) is 0 Å². The molecule has 2 aliphatic heterocycles. The minimum atomic E-state index is -1.22. The molecule has 0 unspecified atom stereocenters. The van der Waals surface area contributed by atoms with Crippen molar-refractivity contribution in [1.82, 2.24) is 10.2 Å². The molecule has 2 fully saturated rings. The number of amides is 2. The number of nitrogens with one attached hydrogen (secondary N) is 1. The van der Waals surface area contributed by atoms with Crippen LogP contribution in [0, 0.1) is 11.8 Å². The van der Waals surface area contributed by atoms with Gasteiger partial charge in [0.05, 0.1) is 30.7 Å². The molecule has 0 spiro atoms. The molecule has 0 aliphatic carbocycles. The summed E-state index contributed by atoms with van der Waals surface area (Å²) in [6.07, 6.45) is 3.87. The van der Waals surface area contributed by atoms with E-state index in [0.717, 1.165) is 0 Å². The fourth-order valence-corrected chi connectivity index (χ4v) is 4.65. The van der Waals surface area contributed by atoms with Crippen molar-refractivity contribution < 1.29 is 23.5 Å². The molecule has 2 saturated heterocycles. The second-order valence-electron chi connectivity index (χ2n) is 6.50. The largest absolute Gasteiger partial charge is 0.468 e. The maximum Gasteiger partial charge on any atom is 0.327 e. The van der Waals surface area contributed by atoms with Gasteiger partial charge in [-0.15, -0.1) is 0 Å². The van der Waals surface area contributed by atoms with Crippen molar-refractivity contribution in [2.45, 2.75) is 31.8 Å². The molecule has 0 radical (unpaired) electrons. The lowest BCUT2D eigenvalue weighted by Crippen LogP contribution is -2.56. The first-order valence-corrected chi connectivity index (χ1v) is 10.2. The van der Waals surface area contributed by atoms with Gasteiger partial charge in [0.2, 0.25) is 11.8 Å².